The average Bonchev–Trinajstić information content (AvgIpc) is 2.37. The molecule has 0 radical (unpaired) electrons. The Morgan fingerprint density at radius 1 is 0.722 bits per heavy atom. The molecule has 1 N–H and O–H groups in total. The molecule has 0 saturated heterocycles. The zero-order valence-corrected chi connectivity index (χ0v) is 13.1. The van der Waals surface area contributed by atoms with Crippen molar-refractivity contribution in [2.45, 2.75) is 59.3 Å². The Balaban J connectivity index is 0. The van der Waals surface area contributed by atoms with Crippen LogP contribution in [0.2, 0.25) is 0 Å². The Labute approximate surface area is 114 Å². The van der Waals surface area contributed by atoms with Gasteiger partial charge in [-0.15, -0.1) is 0 Å². The van der Waals surface area contributed by atoms with Crippen LogP contribution in [0.5, 0.6) is 0 Å². The topological polar surface area (TPSA) is 39.2 Å². The minimum Gasteiger partial charge on any atom is -0.870 e. The quantitative estimate of drug-likeness (QED) is 0.503. The molecule has 0 heterocycles. The van der Waals surface area contributed by atoms with Crippen molar-refractivity contribution in [3.05, 3.63) is 0 Å². The molecular weight excluding hydrogens is 226 g/mol. The number of quaternary nitrogens is 1. The van der Waals surface area contributed by atoms with Gasteiger partial charge in [0.15, 0.2) is 0 Å². The van der Waals surface area contributed by atoms with Gasteiger partial charge in [0.05, 0.1) is 26.2 Å². The van der Waals surface area contributed by atoms with E-state index in [4.69, 9.17) is 4.74 Å². The highest BCUT2D eigenvalue weighted by molar-refractivity contribution is 4.48. The predicted octanol–water partition coefficient (Wildman–Crippen LogP) is 3.67. The van der Waals surface area contributed by atoms with Crippen LogP contribution in [0.1, 0.15) is 59.3 Å². The monoisotopic (exact) mass is 261 g/mol. The van der Waals surface area contributed by atoms with Gasteiger partial charge >= 0.3 is 0 Å². The van der Waals surface area contributed by atoms with E-state index in [1.807, 2.05) is 7.11 Å². The lowest BCUT2D eigenvalue weighted by Crippen LogP contribution is -2.52. The molecule has 112 valence electrons. The van der Waals surface area contributed by atoms with E-state index in [0.717, 1.165) is 6.61 Å². The maximum atomic E-state index is 5.32. The van der Waals surface area contributed by atoms with E-state index >= 15 is 0 Å². The summed E-state index contributed by atoms with van der Waals surface area (Å²) in [5.74, 6) is 0. The molecule has 0 aliphatic heterocycles. The van der Waals surface area contributed by atoms with Gasteiger partial charge in [-0.2, -0.15) is 0 Å². The van der Waals surface area contributed by atoms with Gasteiger partial charge in [0, 0.05) is 7.11 Å². The van der Waals surface area contributed by atoms with E-state index in [2.05, 4.69) is 20.8 Å². The number of unbranched alkanes of at least 4 members (excludes halogenated alkanes) is 3. The molecule has 0 aromatic rings. The van der Waals surface area contributed by atoms with Crippen LogP contribution < -0.4 is 0 Å². The predicted molar refractivity (Wildman–Crippen MR) is 78.3 cm³/mol. The van der Waals surface area contributed by atoms with E-state index in [9.17, 15) is 0 Å². The van der Waals surface area contributed by atoms with Crippen LogP contribution in [-0.4, -0.2) is 49.9 Å². The van der Waals surface area contributed by atoms with Crippen molar-refractivity contribution in [1.29, 1.82) is 0 Å². The average molecular weight is 261 g/mol. The van der Waals surface area contributed by atoms with Gasteiger partial charge in [-0.05, 0) is 19.3 Å². The summed E-state index contributed by atoms with van der Waals surface area (Å²) in [5, 5.41) is 0. The first-order chi connectivity index (χ1) is 8.24. The molecule has 0 aliphatic rings. The van der Waals surface area contributed by atoms with Crippen LogP contribution in [0, 0.1) is 0 Å². The third-order valence-electron chi connectivity index (χ3n) is 3.73. The molecule has 18 heavy (non-hydrogen) atoms. The van der Waals surface area contributed by atoms with Crippen LogP contribution in [0.15, 0.2) is 0 Å². The smallest absolute Gasteiger partial charge is 0.102 e. The summed E-state index contributed by atoms with van der Waals surface area (Å²) in [4.78, 5) is 0. The summed E-state index contributed by atoms with van der Waals surface area (Å²) in [6.07, 6.45) is 8.01. The highest BCUT2D eigenvalue weighted by Gasteiger charge is 2.25. The summed E-state index contributed by atoms with van der Waals surface area (Å²) in [5.41, 5.74) is 0. The maximum absolute atomic E-state index is 5.32. The second-order valence-corrected chi connectivity index (χ2v) is 5.29. The molecule has 0 aromatic heterocycles. The Morgan fingerprint density at radius 2 is 1.11 bits per heavy atom. The van der Waals surface area contributed by atoms with Crippen LogP contribution >= 0.6 is 0 Å². The molecule has 0 spiro atoms. The van der Waals surface area contributed by atoms with Crippen molar-refractivity contribution in [2.75, 3.05) is 39.9 Å². The summed E-state index contributed by atoms with van der Waals surface area (Å²) in [6, 6.07) is 0. The zero-order chi connectivity index (χ0) is 13.0. The molecule has 3 nitrogen and oxygen atoms in total. The normalized spacial score (nSPS) is 11.3. The van der Waals surface area contributed by atoms with Crippen molar-refractivity contribution in [2.24, 2.45) is 0 Å². The largest absolute Gasteiger partial charge is 0.870 e. The van der Waals surface area contributed by atoms with E-state index in [-0.39, 0.29) is 5.48 Å². The fourth-order valence-corrected chi connectivity index (χ4v) is 2.44. The Hall–Kier alpha value is -0.120. The first-order valence-corrected chi connectivity index (χ1v) is 7.58. The van der Waals surface area contributed by atoms with Gasteiger partial charge in [-0.1, -0.05) is 40.0 Å². The van der Waals surface area contributed by atoms with Crippen molar-refractivity contribution in [3.63, 3.8) is 0 Å². The van der Waals surface area contributed by atoms with Crippen molar-refractivity contribution in [3.8, 4) is 0 Å². The maximum Gasteiger partial charge on any atom is 0.102 e. The van der Waals surface area contributed by atoms with Gasteiger partial charge in [0.2, 0.25) is 0 Å². The highest BCUT2D eigenvalue weighted by Crippen LogP contribution is 2.14. The second kappa shape index (κ2) is 13.3. The fraction of sp³-hybridized carbons (Fsp3) is 1.00. The third kappa shape index (κ3) is 8.90. The second-order valence-electron chi connectivity index (χ2n) is 5.29. The summed E-state index contributed by atoms with van der Waals surface area (Å²) < 4.78 is 6.62. The van der Waals surface area contributed by atoms with Crippen LogP contribution in [-0.2, 0) is 4.74 Å². The number of hydrogen-bond acceptors (Lipinski definition) is 2. The summed E-state index contributed by atoms with van der Waals surface area (Å²) in [6.45, 7) is 13.0. The number of ether oxygens (including phenoxy) is 1. The molecule has 0 atom stereocenters. The molecule has 0 fully saturated rings. The third-order valence-corrected chi connectivity index (χ3v) is 3.73. The zero-order valence-electron chi connectivity index (χ0n) is 13.1. The lowest BCUT2D eigenvalue weighted by Gasteiger charge is -2.39. The molecule has 3 heteroatoms. The Bertz CT molecular complexity index is 125. The van der Waals surface area contributed by atoms with E-state index < -0.39 is 0 Å². The highest BCUT2D eigenvalue weighted by atomic mass is 16.5. The van der Waals surface area contributed by atoms with E-state index in [1.165, 1.54) is 69.2 Å². The molecule has 0 aromatic carbocycles. The van der Waals surface area contributed by atoms with Crippen molar-refractivity contribution in [1.82, 2.24) is 0 Å². The number of rotatable bonds is 12. The Kier molecular flexibility index (Phi) is 14.9. The molecule has 0 bridgehead atoms. The first kappa shape index (κ1) is 20.2. The molecule has 0 saturated carbocycles. The molecule has 0 amide bonds. The Morgan fingerprint density at radius 3 is 1.39 bits per heavy atom. The standard InChI is InChI=1S/C15H34NO.H2O/c1-5-8-11-16(12-9-6-2,13-10-7-3)14-15-17-4;/h5-15H2,1-4H3;1H2/q+1;/p-1. The van der Waals surface area contributed by atoms with E-state index in [1.54, 1.807) is 0 Å². The van der Waals surface area contributed by atoms with Crippen molar-refractivity contribution >= 4 is 0 Å². The lowest BCUT2D eigenvalue weighted by molar-refractivity contribution is -0.929. The van der Waals surface area contributed by atoms with Crippen LogP contribution in [0.25, 0.3) is 0 Å². The minimum absolute atomic E-state index is 0. The van der Waals surface area contributed by atoms with Crippen LogP contribution in [0.4, 0.5) is 0 Å². The molecule has 0 rings (SSSR count). The number of methoxy groups -OCH3 is 1. The van der Waals surface area contributed by atoms with Gasteiger partial charge < -0.3 is 14.7 Å². The number of nitrogens with zero attached hydrogens (tertiary/aromatic N) is 1. The van der Waals surface area contributed by atoms with Gasteiger partial charge in [0.1, 0.15) is 6.54 Å². The lowest BCUT2D eigenvalue weighted by atomic mass is 10.1. The fourth-order valence-electron chi connectivity index (χ4n) is 2.44. The number of hydrogen-bond donors (Lipinski definition) is 0. The van der Waals surface area contributed by atoms with Gasteiger partial charge in [-0.25, -0.2) is 0 Å². The summed E-state index contributed by atoms with van der Waals surface area (Å²) in [7, 11) is 1.83. The molecule has 0 unspecified atom stereocenters. The van der Waals surface area contributed by atoms with E-state index in [0.29, 0.717) is 0 Å². The van der Waals surface area contributed by atoms with Gasteiger partial charge in [-0.3, -0.25) is 0 Å². The molecular formula is C15H35NO2. The van der Waals surface area contributed by atoms with Gasteiger partial charge in [0.25, 0.3) is 0 Å². The SMILES string of the molecule is CCCC[N+](CCCC)(CCCC)CCOC.[OH-]. The van der Waals surface area contributed by atoms with Crippen LogP contribution in [0.3, 0.4) is 0 Å². The first-order valence-electron chi connectivity index (χ1n) is 7.58. The minimum atomic E-state index is 0. The van der Waals surface area contributed by atoms with Crippen molar-refractivity contribution < 1.29 is 14.7 Å². The summed E-state index contributed by atoms with van der Waals surface area (Å²) >= 11 is 0. The molecule has 0 aliphatic carbocycles.